The number of benzene rings is 1. The number of hydrogen-bond donors (Lipinski definition) is 0. The van der Waals surface area contributed by atoms with E-state index in [1.165, 1.54) is 0 Å². The van der Waals surface area contributed by atoms with E-state index < -0.39 is 21.4 Å². The second-order valence-electron chi connectivity index (χ2n) is 5.59. The van der Waals surface area contributed by atoms with Crippen LogP contribution in [0.2, 0.25) is 0 Å². The standard InChI is InChI=1S/C14H20F2N2OS/c1-18-5-3-11(4-6-18)10-20(2,19)17-14-8-12(15)7-13(16)9-14/h7-9,11H,3-6,10H2,1-2H3. The van der Waals surface area contributed by atoms with E-state index in [1.807, 2.05) is 0 Å². The Morgan fingerprint density at radius 2 is 1.80 bits per heavy atom. The summed E-state index contributed by atoms with van der Waals surface area (Å²) in [7, 11) is -0.393. The van der Waals surface area contributed by atoms with Crippen molar-refractivity contribution in [3.8, 4) is 0 Å². The third kappa shape index (κ3) is 4.52. The van der Waals surface area contributed by atoms with Crippen LogP contribution < -0.4 is 0 Å². The van der Waals surface area contributed by atoms with Crippen molar-refractivity contribution in [3.63, 3.8) is 0 Å². The quantitative estimate of drug-likeness (QED) is 0.860. The lowest BCUT2D eigenvalue weighted by molar-refractivity contribution is 0.232. The molecule has 1 atom stereocenters. The van der Waals surface area contributed by atoms with E-state index in [2.05, 4.69) is 16.3 Å². The van der Waals surface area contributed by atoms with Gasteiger partial charge in [0.1, 0.15) is 11.6 Å². The molecule has 1 aliphatic heterocycles. The SMILES string of the molecule is CN1CCC(CS(C)(=O)=Nc2cc(F)cc(F)c2)CC1. The first-order valence-electron chi connectivity index (χ1n) is 6.68. The average molecular weight is 302 g/mol. The highest BCUT2D eigenvalue weighted by Gasteiger charge is 2.20. The van der Waals surface area contributed by atoms with Crippen LogP contribution in [-0.4, -0.2) is 41.3 Å². The molecule has 0 amide bonds. The van der Waals surface area contributed by atoms with Crippen LogP contribution in [0.1, 0.15) is 12.8 Å². The van der Waals surface area contributed by atoms with Crippen LogP contribution in [0.4, 0.5) is 14.5 Å². The lowest BCUT2D eigenvalue weighted by Gasteiger charge is -2.29. The van der Waals surface area contributed by atoms with Gasteiger partial charge in [0.15, 0.2) is 0 Å². The van der Waals surface area contributed by atoms with E-state index in [0.717, 1.165) is 44.1 Å². The first-order chi connectivity index (χ1) is 9.34. The normalized spacial score (nSPS) is 20.6. The summed E-state index contributed by atoms with van der Waals surface area (Å²) in [5, 5.41) is 0. The van der Waals surface area contributed by atoms with Crippen LogP contribution in [0.25, 0.3) is 0 Å². The van der Waals surface area contributed by atoms with Gasteiger partial charge in [0.2, 0.25) is 0 Å². The summed E-state index contributed by atoms with van der Waals surface area (Å²) in [4.78, 5) is 2.24. The van der Waals surface area contributed by atoms with Gasteiger partial charge >= 0.3 is 0 Å². The molecule has 0 spiro atoms. The van der Waals surface area contributed by atoms with Crippen LogP contribution in [0.3, 0.4) is 0 Å². The Balaban J connectivity index is 2.12. The molecular weight excluding hydrogens is 282 g/mol. The third-order valence-corrected chi connectivity index (χ3v) is 5.22. The highest BCUT2D eigenvalue weighted by molar-refractivity contribution is 7.93. The molecule has 1 fully saturated rings. The predicted molar refractivity (Wildman–Crippen MR) is 77.6 cm³/mol. The van der Waals surface area contributed by atoms with Gasteiger partial charge in [-0.1, -0.05) is 0 Å². The zero-order valence-corrected chi connectivity index (χ0v) is 12.6. The minimum absolute atomic E-state index is 0.114. The molecule has 0 N–H and O–H groups in total. The molecule has 0 aliphatic carbocycles. The maximum atomic E-state index is 13.1. The third-order valence-electron chi connectivity index (χ3n) is 3.53. The summed E-state index contributed by atoms with van der Waals surface area (Å²) < 4.78 is 42.8. The van der Waals surface area contributed by atoms with Gasteiger partial charge in [0, 0.05) is 39.9 Å². The Labute approximate surface area is 119 Å². The minimum Gasteiger partial charge on any atom is -0.306 e. The molecule has 0 bridgehead atoms. The fraction of sp³-hybridized carbons (Fsp3) is 0.571. The molecule has 1 aromatic carbocycles. The van der Waals surface area contributed by atoms with Crippen molar-refractivity contribution in [2.75, 3.05) is 32.1 Å². The lowest BCUT2D eigenvalue weighted by atomic mass is 10.00. The maximum Gasteiger partial charge on any atom is 0.128 e. The molecule has 2 rings (SSSR count). The molecule has 0 aromatic heterocycles. The molecule has 112 valence electrons. The predicted octanol–water partition coefficient (Wildman–Crippen LogP) is 3.04. The van der Waals surface area contributed by atoms with Crippen molar-refractivity contribution in [2.45, 2.75) is 12.8 Å². The molecule has 20 heavy (non-hydrogen) atoms. The van der Waals surface area contributed by atoms with Crippen molar-refractivity contribution in [1.29, 1.82) is 0 Å². The summed E-state index contributed by atoms with van der Waals surface area (Å²) in [5.41, 5.74) is 0.114. The molecule has 3 nitrogen and oxygen atoms in total. The van der Waals surface area contributed by atoms with Gasteiger partial charge in [-0.15, -0.1) is 0 Å². The zero-order valence-electron chi connectivity index (χ0n) is 11.8. The first kappa shape index (κ1) is 15.4. The molecule has 1 heterocycles. The molecule has 1 unspecified atom stereocenters. The second kappa shape index (κ2) is 6.18. The van der Waals surface area contributed by atoms with Crippen molar-refractivity contribution >= 4 is 15.4 Å². The van der Waals surface area contributed by atoms with E-state index in [1.54, 1.807) is 6.26 Å². The van der Waals surface area contributed by atoms with Crippen LogP contribution in [0.5, 0.6) is 0 Å². The van der Waals surface area contributed by atoms with Gasteiger partial charge < -0.3 is 4.90 Å². The van der Waals surface area contributed by atoms with Crippen molar-refractivity contribution < 1.29 is 13.0 Å². The number of hydrogen-bond acceptors (Lipinski definition) is 3. The summed E-state index contributed by atoms with van der Waals surface area (Å²) in [6.45, 7) is 1.99. The van der Waals surface area contributed by atoms with Crippen LogP contribution in [0, 0.1) is 17.6 Å². The monoisotopic (exact) mass is 302 g/mol. The van der Waals surface area contributed by atoms with Gasteiger partial charge in [0.25, 0.3) is 0 Å². The van der Waals surface area contributed by atoms with Gasteiger partial charge in [-0.3, -0.25) is 0 Å². The van der Waals surface area contributed by atoms with E-state index in [-0.39, 0.29) is 5.69 Å². The van der Waals surface area contributed by atoms with Crippen LogP contribution in [-0.2, 0) is 9.73 Å². The molecule has 6 heteroatoms. The number of likely N-dealkylation sites (tertiary alicyclic amines) is 1. The number of rotatable bonds is 3. The molecule has 0 radical (unpaired) electrons. The Hall–Kier alpha value is -1.01. The largest absolute Gasteiger partial charge is 0.306 e. The van der Waals surface area contributed by atoms with Gasteiger partial charge in [0.05, 0.1) is 5.69 Å². The highest BCUT2D eigenvalue weighted by Crippen LogP contribution is 2.22. The summed E-state index contributed by atoms with van der Waals surface area (Å²) in [6, 6.07) is 3.01. The molecule has 1 aromatic rings. The first-order valence-corrected chi connectivity index (χ1v) is 8.78. The van der Waals surface area contributed by atoms with Gasteiger partial charge in [-0.2, -0.15) is 4.36 Å². The van der Waals surface area contributed by atoms with Crippen LogP contribution in [0.15, 0.2) is 22.6 Å². The lowest BCUT2D eigenvalue weighted by Crippen LogP contribution is -2.32. The van der Waals surface area contributed by atoms with E-state index in [9.17, 15) is 13.0 Å². The van der Waals surface area contributed by atoms with Crippen LogP contribution >= 0.6 is 0 Å². The Bertz CT molecular complexity index is 569. The highest BCUT2D eigenvalue weighted by atomic mass is 32.2. The van der Waals surface area contributed by atoms with E-state index >= 15 is 0 Å². The zero-order chi connectivity index (χ0) is 14.8. The summed E-state index contributed by atoms with van der Waals surface area (Å²) in [5.74, 6) is -0.541. The van der Waals surface area contributed by atoms with Crippen molar-refractivity contribution in [1.82, 2.24) is 4.90 Å². The number of nitrogens with zero attached hydrogens (tertiary/aromatic N) is 2. The fourth-order valence-corrected chi connectivity index (χ4v) is 4.35. The summed E-state index contributed by atoms with van der Waals surface area (Å²) >= 11 is 0. The maximum absolute atomic E-state index is 13.1. The average Bonchev–Trinajstić information content (AvgIpc) is 2.29. The summed E-state index contributed by atoms with van der Waals surface area (Å²) in [6.07, 6.45) is 3.55. The van der Waals surface area contributed by atoms with E-state index in [0.29, 0.717) is 11.7 Å². The van der Waals surface area contributed by atoms with Gasteiger partial charge in [-0.25, -0.2) is 13.0 Å². The smallest absolute Gasteiger partial charge is 0.128 e. The molecule has 1 saturated heterocycles. The number of piperidine rings is 1. The number of halogens is 2. The Morgan fingerprint density at radius 1 is 1.25 bits per heavy atom. The Kier molecular flexibility index (Phi) is 4.75. The van der Waals surface area contributed by atoms with Crippen molar-refractivity contribution in [2.24, 2.45) is 10.3 Å². The van der Waals surface area contributed by atoms with Crippen molar-refractivity contribution in [3.05, 3.63) is 29.8 Å². The second-order valence-corrected chi connectivity index (χ2v) is 8.03. The molecular formula is C14H20F2N2OS. The molecule has 1 aliphatic rings. The fourth-order valence-electron chi connectivity index (χ4n) is 2.52. The minimum atomic E-state index is -2.46. The van der Waals surface area contributed by atoms with E-state index in [4.69, 9.17) is 0 Å². The Morgan fingerprint density at radius 3 is 2.35 bits per heavy atom. The topological polar surface area (TPSA) is 32.7 Å². The van der Waals surface area contributed by atoms with Gasteiger partial charge in [-0.05, 0) is 38.9 Å². The molecule has 0 saturated carbocycles.